The fraction of sp³-hybridized carbons (Fsp3) is 0.850. The summed E-state index contributed by atoms with van der Waals surface area (Å²) in [5.41, 5.74) is 0. The molecule has 1 aliphatic rings. The number of carbonyl (C=O) groups excluding carboxylic acids is 1. The van der Waals surface area contributed by atoms with Crippen molar-refractivity contribution in [2.45, 2.75) is 96.2 Å². The minimum Gasteiger partial charge on any atom is -0.464 e. The molecule has 0 amide bonds. The number of esters is 1. The fourth-order valence-electron chi connectivity index (χ4n) is 3.29. The molecule has 4 nitrogen and oxygen atoms in total. The molecule has 0 aromatic heterocycles. The zero-order valence-corrected chi connectivity index (χ0v) is 16.0. The van der Waals surface area contributed by atoms with Crippen molar-refractivity contribution in [3.63, 3.8) is 0 Å². The number of hydrogen-bond acceptors (Lipinski definition) is 4. The first-order chi connectivity index (χ1) is 12.1. The Morgan fingerprint density at radius 3 is 2.44 bits per heavy atom. The van der Waals surface area contributed by atoms with Gasteiger partial charge in [0.25, 0.3) is 0 Å². The van der Waals surface area contributed by atoms with Gasteiger partial charge in [-0.2, -0.15) is 0 Å². The Hall–Kier alpha value is -1.26. The first kappa shape index (κ1) is 21.8. The summed E-state index contributed by atoms with van der Waals surface area (Å²) in [6, 6.07) is 0.560. The van der Waals surface area contributed by atoms with Gasteiger partial charge in [0.1, 0.15) is 0 Å². The van der Waals surface area contributed by atoms with E-state index >= 15 is 0 Å². The molecule has 0 bridgehead atoms. The highest BCUT2D eigenvalue weighted by Crippen LogP contribution is 2.17. The maximum absolute atomic E-state index is 13.4. The predicted molar refractivity (Wildman–Crippen MR) is 101 cm³/mol. The van der Waals surface area contributed by atoms with Crippen molar-refractivity contribution >= 4 is 5.97 Å². The van der Waals surface area contributed by atoms with Crippen LogP contribution in [0.15, 0.2) is 12.4 Å². The van der Waals surface area contributed by atoms with Gasteiger partial charge < -0.3 is 15.4 Å². The highest BCUT2D eigenvalue weighted by atomic mass is 19.1. The smallest absolute Gasteiger partial charge is 0.340 e. The molecule has 1 atom stereocenters. The Bertz CT molecular complexity index is 369. The van der Waals surface area contributed by atoms with Gasteiger partial charge in [-0.05, 0) is 39.0 Å². The van der Waals surface area contributed by atoms with Crippen molar-refractivity contribution in [3.05, 3.63) is 12.4 Å². The van der Waals surface area contributed by atoms with Gasteiger partial charge in [0.05, 0.1) is 12.4 Å². The first-order valence-electron chi connectivity index (χ1n) is 10.1. The Labute approximate surface area is 153 Å². The second kappa shape index (κ2) is 14.0. The zero-order valence-electron chi connectivity index (χ0n) is 16.0. The van der Waals surface area contributed by atoms with Gasteiger partial charge in [-0.1, -0.05) is 51.5 Å². The van der Waals surface area contributed by atoms with Crippen molar-refractivity contribution < 1.29 is 13.9 Å². The maximum Gasteiger partial charge on any atom is 0.340 e. The van der Waals surface area contributed by atoms with E-state index in [1.807, 2.05) is 0 Å². The van der Waals surface area contributed by atoms with E-state index in [0.717, 1.165) is 38.0 Å². The van der Waals surface area contributed by atoms with Gasteiger partial charge in [0, 0.05) is 12.6 Å². The molecule has 1 saturated carbocycles. The lowest BCUT2D eigenvalue weighted by Gasteiger charge is -2.23. The molecular formula is C20H37FN2O2. The van der Waals surface area contributed by atoms with E-state index in [1.165, 1.54) is 44.9 Å². The number of nitrogens with one attached hydrogen (secondary N) is 2. The van der Waals surface area contributed by atoms with Crippen LogP contribution >= 0.6 is 0 Å². The molecule has 5 heteroatoms. The fourth-order valence-corrected chi connectivity index (χ4v) is 3.29. The summed E-state index contributed by atoms with van der Waals surface area (Å²) in [5, 5.41) is 6.87. The molecule has 0 aromatic carbocycles. The largest absolute Gasteiger partial charge is 0.464 e. The lowest BCUT2D eigenvalue weighted by Crippen LogP contribution is -2.35. The number of halogens is 1. The van der Waals surface area contributed by atoms with Crippen LogP contribution in [0.2, 0.25) is 0 Å². The summed E-state index contributed by atoms with van der Waals surface area (Å²) in [5.74, 6) is 0.206. The number of rotatable bonds is 12. The van der Waals surface area contributed by atoms with E-state index in [4.69, 9.17) is 0 Å². The van der Waals surface area contributed by atoms with Crippen LogP contribution in [-0.2, 0) is 9.53 Å². The zero-order chi connectivity index (χ0) is 18.3. The van der Waals surface area contributed by atoms with E-state index in [-0.39, 0.29) is 13.0 Å². The van der Waals surface area contributed by atoms with Crippen LogP contribution in [0.5, 0.6) is 0 Å². The van der Waals surface area contributed by atoms with Crippen LogP contribution in [0, 0.1) is 0 Å². The summed E-state index contributed by atoms with van der Waals surface area (Å²) in [7, 11) is 0. The standard InChI is InChI=1S/C20H37FN2O2/c1-3-25-20(24)19(21)15-11-7-8-12-16-22-17(2)23-18-13-9-5-4-6-10-14-18/h18-19,22-23H,2-16H2,1H3. The van der Waals surface area contributed by atoms with Gasteiger partial charge in [0.2, 0.25) is 0 Å². The SMILES string of the molecule is C=C(NCCCCCCC(F)C(=O)OCC)NC1CCCCCCC1. The van der Waals surface area contributed by atoms with Crippen molar-refractivity contribution in [1.29, 1.82) is 0 Å². The van der Waals surface area contributed by atoms with Crippen LogP contribution in [0.3, 0.4) is 0 Å². The normalized spacial score (nSPS) is 17.2. The van der Waals surface area contributed by atoms with E-state index < -0.39 is 12.1 Å². The molecule has 0 heterocycles. The molecule has 1 aliphatic carbocycles. The topological polar surface area (TPSA) is 50.4 Å². The molecular weight excluding hydrogens is 319 g/mol. The number of ether oxygens (including phenoxy) is 1. The van der Waals surface area contributed by atoms with Gasteiger partial charge >= 0.3 is 5.97 Å². The molecule has 0 spiro atoms. The van der Waals surface area contributed by atoms with Crippen LogP contribution in [0.4, 0.5) is 4.39 Å². The quantitative estimate of drug-likeness (QED) is 0.396. The molecule has 0 aliphatic heterocycles. The summed E-state index contributed by atoms with van der Waals surface area (Å²) in [6.07, 6.45) is 11.7. The third-order valence-corrected chi connectivity index (χ3v) is 4.75. The van der Waals surface area contributed by atoms with E-state index in [1.54, 1.807) is 6.92 Å². The Kier molecular flexibility index (Phi) is 12.2. The Morgan fingerprint density at radius 2 is 1.76 bits per heavy atom. The van der Waals surface area contributed by atoms with Crippen molar-refractivity contribution in [1.82, 2.24) is 10.6 Å². The number of hydrogen-bond donors (Lipinski definition) is 2. The van der Waals surface area contributed by atoms with Gasteiger partial charge in [-0.15, -0.1) is 0 Å². The van der Waals surface area contributed by atoms with E-state index in [9.17, 15) is 9.18 Å². The summed E-state index contributed by atoms with van der Waals surface area (Å²) in [4.78, 5) is 11.2. The van der Waals surface area contributed by atoms with Crippen molar-refractivity contribution in [2.75, 3.05) is 13.2 Å². The third-order valence-electron chi connectivity index (χ3n) is 4.75. The molecule has 0 saturated heterocycles. The minimum atomic E-state index is -1.47. The van der Waals surface area contributed by atoms with Crippen LogP contribution in [-0.4, -0.2) is 31.3 Å². The molecule has 1 rings (SSSR count). The molecule has 0 aromatic rings. The molecule has 146 valence electrons. The second-order valence-electron chi connectivity index (χ2n) is 7.01. The number of carbonyl (C=O) groups is 1. The van der Waals surface area contributed by atoms with Crippen molar-refractivity contribution in [3.8, 4) is 0 Å². The highest BCUT2D eigenvalue weighted by molar-refractivity contribution is 5.74. The number of alkyl halides is 1. The van der Waals surface area contributed by atoms with Crippen LogP contribution in [0.25, 0.3) is 0 Å². The Balaban J connectivity index is 1.98. The molecule has 2 N–H and O–H groups in total. The molecule has 1 fully saturated rings. The molecule has 1 unspecified atom stereocenters. The monoisotopic (exact) mass is 356 g/mol. The van der Waals surface area contributed by atoms with Gasteiger partial charge in [-0.3, -0.25) is 0 Å². The lowest BCUT2D eigenvalue weighted by molar-refractivity contribution is -0.149. The molecule has 25 heavy (non-hydrogen) atoms. The Morgan fingerprint density at radius 1 is 1.12 bits per heavy atom. The average Bonchev–Trinajstić information content (AvgIpc) is 2.56. The summed E-state index contributed by atoms with van der Waals surface area (Å²) >= 11 is 0. The van der Waals surface area contributed by atoms with E-state index in [2.05, 4.69) is 21.9 Å². The maximum atomic E-state index is 13.4. The second-order valence-corrected chi connectivity index (χ2v) is 7.01. The molecule has 0 radical (unpaired) electrons. The van der Waals surface area contributed by atoms with Crippen molar-refractivity contribution in [2.24, 2.45) is 0 Å². The number of unbranched alkanes of at least 4 members (excludes halogenated alkanes) is 3. The summed E-state index contributed by atoms with van der Waals surface area (Å²) in [6.45, 7) is 6.89. The first-order valence-corrected chi connectivity index (χ1v) is 10.1. The van der Waals surface area contributed by atoms with Crippen LogP contribution in [0.1, 0.15) is 84.0 Å². The minimum absolute atomic E-state index is 0.240. The predicted octanol–water partition coefficient (Wildman–Crippen LogP) is 4.60. The van der Waals surface area contributed by atoms with Gasteiger partial charge in [0.15, 0.2) is 6.17 Å². The van der Waals surface area contributed by atoms with E-state index in [0.29, 0.717) is 6.04 Å². The summed E-state index contributed by atoms with van der Waals surface area (Å²) < 4.78 is 18.1. The van der Waals surface area contributed by atoms with Crippen LogP contribution < -0.4 is 10.6 Å². The highest BCUT2D eigenvalue weighted by Gasteiger charge is 2.17. The lowest BCUT2D eigenvalue weighted by atomic mass is 9.97. The third kappa shape index (κ3) is 11.1. The average molecular weight is 357 g/mol. The van der Waals surface area contributed by atoms with Gasteiger partial charge in [-0.25, -0.2) is 9.18 Å².